The van der Waals surface area contributed by atoms with Crippen molar-refractivity contribution in [2.45, 2.75) is 96.8 Å². The first-order chi connectivity index (χ1) is 13.3. The number of ether oxygens (including phenoxy) is 1. The molecule has 28 heavy (non-hydrogen) atoms. The standard InChI is InChI=1S/C22H32F4O2/c1-3-5-7-9-11-13-18(12-10-8-6-4-2)28-21(27)17-14-15-20(23)19(16-17)22(24,25)26/h14-16,18H,3-13H2,1-2H3. The maximum absolute atomic E-state index is 13.4. The molecule has 0 amide bonds. The summed E-state index contributed by atoms with van der Waals surface area (Å²) in [6, 6.07) is 2.25. The third-order valence-corrected chi connectivity index (χ3v) is 4.79. The van der Waals surface area contributed by atoms with Gasteiger partial charge in [-0.05, 0) is 43.9 Å². The lowest BCUT2D eigenvalue weighted by molar-refractivity contribution is -0.140. The lowest BCUT2D eigenvalue weighted by atomic mass is 10.0. The molecule has 6 heteroatoms. The molecule has 0 aliphatic heterocycles. The van der Waals surface area contributed by atoms with Crippen molar-refractivity contribution in [2.24, 2.45) is 0 Å². The van der Waals surface area contributed by atoms with Crippen molar-refractivity contribution in [3.8, 4) is 0 Å². The molecule has 0 bridgehead atoms. The maximum atomic E-state index is 13.4. The second-order valence-electron chi connectivity index (χ2n) is 7.27. The Balaban J connectivity index is 2.72. The lowest BCUT2D eigenvalue weighted by Gasteiger charge is -2.18. The van der Waals surface area contributed by atoms with Crippen molar-refractivity contribution < 1.29 is 27.1 Å². The predicted octanol–water partition coefficient (Wildman–Crippen LogP) is 7.70. The molecule has 1 aromatic carbocycles. The molecule has 0 aliphatic rings. The number of rotatable bonds is 13. The van der Waals surface area contributed by atoms with E-state index in [0.29, 0.717) is 25.0 Å². The van der Waals surface area contributed by atoms with E-state index in [1.165, 1.54) is 0 Å². The highest BCUT2D eigenvalue weighted by molar-refractivity contribution is 5.89. The smallest absolute Gasteiger partial charge is 0.419 e. The minimum atomic E-state index is -4.85. The van der Waals surface area contributed by atoms with Crippen molar-refractivity contribution in [1.82, 2.24) is 0 Å². The lowest BCUT2D eigenvalue weighted by Crippen LogP contribution is -2.19. The molecule has 0 fully saturated rings. The van der Waals surface area contributed by atoms with E-state index < -0.39 is 23.5 Å². The number of carbonyl (C=O) groups excluding carboxylic acids is 1. The first-order valence-electron chi connectivity index (χ1n) is 10.4. The molecule has 0 saturated carbocycles. The van der Waals surface area contributed by atoms with Gasteiger partial charge >= 0.3 is 12.1 Å². The van der Waals surface area contributed by atoms with Crippen LogP contribution in [0.2, 0.25) is 0 Å². The van der Waals surface area contributed by atoms with Crippen LogP contribution in [0.4, 0.5) is 17.6 Å². The molecule has 0 aromatic heterocycles. The van der Waals surface area contributed by atoms with Crippen LogP contribution in [0.25, 0.3) is 0 Å². The molecule has 160 valence electrons. The SMILES string of the molecule is CCCCCCCC(CCCCCC)OC(=O)c1ccc(F)c(C(F)(F)F)c1. The number of benzene rings is 1. The van der Waals surface area contributed by atoms with Gasteiger partial charge in [0.15, 0.2) is 0 Å². The molecule has 1 aromatic rings. The molecule has 0 aliphatic carbocycles. The van der Waals surface area contributed by atoms with E-state index in [1.807, 2.05) is 0 Å². The first-order valence-corrected chi connectivity index (χ1v) is 10.4. The van der Waals surface area contributed by atoms with Gasteiger partial charge in [0.25, 0.3) is 0 Å². The summed E-state index contributed by atoms with van der Waals surface area (Å²) in [5.41, 5.74) is -1.71. The highest BCUT2D eigenvalue weighted by Crippen LogP contribution is 2.32. The van der Waals surface area contributed by atoms with Crippen LogP contribution in [-0.2, 0) is 10.9 Å². The zero-order valence-corrected chi connectivity index (χ0v) is 16.9. The predicted molar refractivity (Wildman–Crippen MR) is 103 cm³/mol. The summed E-state index contributed by atoms with van der Waals surface area (Å²) in [5.74, 6) is -2.21. The average Bonchev–Trinajstić information content (AvgIpc) is 2.64. The van der Waals surface area contributed by atoms with Gasteiger partial charge in [-0.3, -0.25) is 0 Å². The van der Waals surface area contributed by atoms with E-state index in [-0.39, 0.29) is 11.7 Å². The van der Waals surface area contributed by atoms with Gasteiger partial charge in [0.2, 0.25) is 0 Å². The number of hydrogen-bond acceptors (Lipinski definition) is 2. The molecule has 0 radical (unpaired) electrons. The quantitative estimate of drug-likeness (QED) is 0.191. The summed E-state index contributed by atoms with van der Waals surface area (Å²) in [5, 5.41) is 0. The third-order valence-electron chi connectivity index (χ3n) is 4.79. The van der Waals surface area contributed by atoms with Crippen molar-refractivity contribution >= 4 is 5.97 Å². The van der Waals surface area contributed by atoms with Crippen molar-refractivity contribution in [2.75, 3.05) is 0 Å². The van der Waals surface area contributed by atoms with E-state index in [4.69, 9.17) is 4.74 Å². The molecule has 0 heterocycles. The Morgan fingerprint density at radius 2 is 1.46 bits per heavy atom. The molecule has 0 saturated heterocycles. The molecular weight excluding hydrogens is 372 g/mol. The third kappa shape index (κ3) is 9.07. The second-order valence-corrected chi connectivity index (χ2v) is 7.27. The highest BCUT2D eigenvalue weighted by atomic mass is 19.4. The van der Waals surface area contributed by atoms with E-state index in [9.17, 15) is 22.4 Å². The van der Waals surface area contributed by atoms with Crippen LogP contribution in [0.15, 0.2) is 18.2 Å². The molecule has 2 nitrogen and oxygen atoms in total. The number of unbranched alkanes of at least 4 members (excludes halogenated alkanes) is 7. The summed E-state index contributed by atoms with van der Waals surface area (Å²) in [4.78, 5) is 12.4. The molecule has 0 spiro atoms. The van der Waals surface area contributed by atoms with Gasteiger partial charge in [-0.1, -0.05) is 58.8 Å². The topological polar surface area (TPSA) is 26.3 Å². The molecule has 1 atom stereocenters. The summed E-state index contributed by atoms with van der Waals surface area (Å²) >= 11 is 0. The molecule has 1 rings (SSSR count). The van der Waals surface area contributed by atoms with Crippen LogP contribution in [0.5, 0.6) is 0 Å². The van der Waals surface area contributed by atoms with Gasteiger partial charge in [0.05, 0.1) is 11.1 Å². The van der Waals surface area contributed by atoms with E-state index in [2.05, 4.69) is 13.8 Å². The summed E-state index contributed by atoms with van der Waals surface area (Å²) in [6.45, 7) is 4.24. The second kappa shape index (κ2) is 12.8. The minimum Gasteiger partial charge on any atom is -0.459 e. The number of hydrogen-bond donors (Lipinski definition) is 0. The highest BCUT2D eigenvalue weighted by Gasteiger charge is 2.35. The normalized spacial score (nSPS) is 12.8. The number of esters is 1. The van der Waals surface area contributed by atoms with E-state index in [0.717, 1.165) is 63.9 Å². The Morgan fingerprint density at radius 3 is 2.00 bits per heavy atom. The van der Waals surface area contributed by atoms with Gasteiger partial charge in [-0.2, -0.15) is 13.2 Å². The largest absolute Gasteiger partial charge is 0.459 e. The number of carbonyl (C=O) groups is 1. The summed E-state index contributed by atoms with van der Waals surface area (Å²) in [6.07, 6.45) is 5.78. The Hall–Kier alpha value is -1.59. The van der Waals surface area contributed by atoms with Gasteiger partial charge in [0, 0.05) is 0 Å². The fourth-order valence-electron chi connectivity index (χ4n) is 3.13. The van der Waals surface area contributed by atoms with Gasteiger partial charge in [0.1, 0.15) is 11.9 Å². The van der Waals surface area contributed by atoms with Crippen LogP contribution >= 0.6 is 0 Å². The van der Waals surface area contributed by atoms with Gasteiger partial charge < -0.3 is 4.74 Å². The zero-order chi connectivity index (χ0) is 21.0. The first kappa shape index (κ1) is 24.4. The maximum Gasteiger partial charge on any atom is 0.419 e. The average molecular weight is 404 g/mol. The Morgan fingerprint density at radius 1 is 0.929 bits per heavy atom. The van der Waals surface area contributed by atoms with E-state index in [1.54, 1.807) is 0 Å². The molecule has 0 N–H and O–H groups in total. The van der Waals surface area contributed by atoms with E-state index >= 15 is 0 Å². The Labute approximate surface area is 165 Å². The fourth-order valence-corrected chi connectivity index (χ4v) is 3.13. The van der Waals surface area contributed by atoms with Crippen LogP contribution in [-0.4, -0.2) is 12.1 Å². The van der Waals surface area contributed by atoms with Crippen LogP contribution in [0.1, 0.15) is 100 Å². The monoisotopic (exact) mass is 404 g/mol. The van der Waals surface area contributed by atoms with Crippen LogP contribution in [0, 0.1) is 5.82 Å². The number of halogens is 4. The minimum absolute atomic E-state index is 0.265. The fraction of sp³-hybridized carbons (Fsp3) is 0.682. The zero-order valence-electron chi connectivity index (χ0n) is 16.9. The summed E-state index contributed by atoms with van der Waals surface area (Å²) < 4.78 is 57.5. The Kier molecular flexibility index (Phi) is 11.2. The van der Waals surface area contributed by atoms with Crippen molar-refractivity contribution in [3.05, 3.63) is 35.1 Å². The van der Waals surface area contributed by atoms with Crippen LogP contribution < -0.4 is 0 Å². The van der Waals surface area contributed by atoms with Gasteiger partial charge in [-0.15, -0.1) is 0 Å². The Bertz CT molecular complexity index is 584. The van der Waals surface area contributed by atoms with Crippen molar-refractivity contribution in [3.63, 3.8) is 0 Å². The van der Waals surface area contributed by atoms with Crippen LogP contribution in [0.3, 0.4) is 0 Å². The molecular formula is C22H32F4O2. The molecule has 1 unspecified atom stereocenters. The van der Waals surface area contributed by atoms with Gasteiger partial charge in [-0.25, -0.2) is 9.18 Å². The van der Waals surface area contributed by atoms with Crippen molar-refractivity contribution in [1.29, 1.82) is 0 Å². The number of alkyl halides is 3. The summed E-state index contributed by atoms with van der Waals surface area (Å²) in [7, 11) is 0.